The second-order valence-corrected chi connectivity index (χ2v) is 4.48. The van der Waals surface area contributed by atoms with Crippen molar-refractivity contribution >= 4 is 28.8 Å². The quantitative estimate of drug-likeness (QED) is 0.694. The second-order valence-electron chi connectivity index (χ2n) is 3.40. The van der Waals surface area contributed by atoms with Crippen LogP contribution in [0.5, 0.6) is 0 Å². The molecule has 0 aromatic heterocycles. The third kappa shape index (κ3) is 2.06. The van der Waals surface area contributed by atoms with Gasteiger partial charge in [0.1, 0.15) is 0 Å². The highest BCUT2D eigenvalue weighted by molar-refractivity contribution is 7.99. The van der Waals surface area contributed by atoms with Crippen LogP contribution >= 0.6 is 11.8 Å². The first-order valence-electron chi connectivity index (χ1n) is 4.85. The van der Waals surface area contributed by atoms with Crippen molar-refractivity contribution in [2.24, 2.45) is 0 Å². The lowest BCUT2D eigenvalue weighted by molar-refractivity contribution is 1.41. The molecule has 0 saturated carbocycles. The lowest BCUT2D eigenvalue weighted by Crippen LogP contribution is -1.96. The summed E-state index contributed by atoms with van der Waals surface area (Å²) in [6, 6.07) is 13.3. The van der Waals surface area contributed by atoms with Gasteiger partial charge < -0.3 is 17.2 Å². The van der Waals surface area contributed by atoms with Gasteiger partial charge in [0.25, 0.3) is 0 Å². The molecule has 0 aliphatic heterocycles. The minimum absolute atomic E-state index is 0.597. The Hall–Kier alpha value is -1.81. The number of nitrogens with two attached hydrogens (primary N) is 3. The van der Waals surface area contributed by atoms with E-state index >= 15 is 0 Å². The Morgan fingerprint density at radius 3 is 2.06 bits per heavy atom. The van der Waals surface area contributed by atoms with Crippen molar-refractivity contribution in [1.82, 2.24) is 0 Å². The molecule has 0 unspecified atom stereocenters. The molecule has 4 heteroatoms. The molecule has 0 bridgehead atoms. The smallest absolute Gasteiger partial charge is 0.0689 e. The molecule has 2 aromatic rings. The van der Waals surface area contributed by atoms with Crippen LogP contribution in [0.25, 0.3) is 0 Å². The first-order valence-corrected chi connectivity index (χ1v) is 5.66. The Morgan fingerprint density at radius 2 is 1.31 bits per heavy atom. The second kappa shape index (κ2) is 4.37. The van der Waals surface area contributed by atoms with Gasteiger partial charge >= 0.3 is 0 Å². The molecule has 0 amide bonds. The number of nitrogen functional groups attached to an aromatic ring is 3. The monoisotopic (exact) mass is 231 g/mol. The standard InChI is InChI=1S/C12H13N3S/c13-8-4-1-2-6-10(8)16-11-7-3-5-9(14)12(11)15/h1-7H,13-15H2. The minimum Gasteiger partial charge on any atom is -0.398 e. The van der Waals surface area contributed by atoms with Crippen molar-refractivity contribution in [3.05, 3.63) is 42.5 Å². The van der Waals surface area contributed by atoms with Gasteiger partial charge in [0.2, 0.25) is 0 Å². The van der Waals surface area contributed by atoms with E-state index in [2.05, 4.69) is 0 Å². The van der Waals surface area contributed by atoms with E-state index in [1.54, 1.807) is 6.07 Å². The van der Waals surface area contributed by atoms with Gasteiger partial charge in [0.05, 0.1) is 11.4 Å². The van der Waals surface area contributed by atoms with Crippen LogP contribution in [0.3, 0.4) is 0 Å². The molecule has 82 valence electrons. The predicted molar refractivity (Wildman–Crippen MR) is 70.2 cm³/mol. The molecule has 0 heterocycles. The van der Waals surface area contributed by atoms with Crippen molar-refractivity contribution in [2.45, 2.75) is 9.79 Å². The van der Waals surface area contributed by atoms with Crippen molar-refractivity contribution in [2.75, 3.05) is 17.2 Å². The fourth-order valence-electron chi connectivity index (χ4n) is 1.34. The summed E-state index contributed by atoms with van der Waals surface area (Å²) in [4.78, 5) is 1.91. The fraction of sp³-hybridized carbons (Fsp3) is 0. The zero-order valence-corrected chi connectivity index (χ0v) is 9.50. The minimum atomic E-state index is 0.597. The van der Waals surface area contributed by atoms with Gasteiger partial charge in [-0.05, 0) is 24.3 Å². The SMILES string of the molecule is Nc1ccccc1Sc1cccc(N)c1N. The highest BCUT2D eigenvalue weighted by Crippen LogP contribution is 2.37. The van der Waals surface area contributed by atoms with Crippen molar-refractivity contribution < 1.29 is 0 Å². The van der Waals surface area contributed by atoms with Gasteiger partial charge in [-0.15, -0.1) is 0 Å². The highest BCUT2D eigenvalue weighted by Gasteiger charge is 2.05. The summed E-state index contributed by atoms with van der Waals surface area (Å²) in [7, 11) is 0. The molecular formula is C12H13N3S. The number of para-hydroxylation sites is 2. The first-order chi connectivity index (χ1) is 7.68. The van der Waals surface area contributed by atoms with E-state index in [0.29, 0.717) is 11.4 Å². The van der Waals surface area contributed by atoms with Gasteiger partial charge in [0.15, 0.2) is 0 Å². The molecule has 0 radical (unpaired) electrons. The van der Waals surface area contributed by atoms with Crippen LogP contribution < -0.4 is 17.2 Å². The summed E-state index contributed by atoms with van der Waals surface area (Å²) >= 11 is 1.52. The Balaban J connectivity index is 2.35. The Kier molecular flexibility index (Phi) is 2.92. The molecule has 0 aliphatic rings. The molecular weight excluding hydrogens is 218 g/mol. The van der Waals surface area contributed by atoms with Gasteiger partial charge in [-0.3, -0.25) is 0 Å². The molecule has 2 aromatic carbocycles. The van der Waals surface area contributed by atoms with Crippen molar-refractivity contribution in [3.8, 4) is 0 Å². The number of hydrogen-bond acceptors (Lipinski definition) is 4. The topological polar surface area (TPSA) is 78.1 Å². The molecule has 3 nitrogen and oxygen atoms in total. The van der Waals surface area contributed by atoms with Gasteiger partial charge in [-0.25, -0.2) is 0 Å². The summed E-state index contributed by atoms with van der Waals surface area (Å²) in [5, 5.41) is 0. The van der Waals surface area contributed by atoms with Crippen molar-refractivity contribution in [3.63, 3.8) is 0 Å². The number of hydrogen-bond donors (Lipinski definition) is 3. The van der Waals surface area contributed by atoms with E-state index in [0.717, 1.165) is 15.5 Å². The van der Waals surface area contributed by atoms with Gasteiger partial charge in [-0.1, -0.05) is 30.0 Å². The lowest BCUT2D eigenvalue weighted by Gasteiger charge is -2.08. The average Bonchev–Trinajstić information content (AvgIpc) is 2.28. The molecule has 0 fully saturated rings. The summed E-state index contributed by atoms with van der Waals surface area (Å²) in [5.41, 5.74) is 19.4. The van der Waals surface area contributed by atoms with Crippen LogP contribution in [0.4, 0.5) is 17.1 Å². The Labute approximate surface area is 98.6 Å². The number of benzene rings is 2. The molecule has 2 rings (SSSR count). The lowest BCUT2D eigenvalue weighted by atomic mass is 10.3. The third-order valence-corrected chi connectivity index (χ3v) is 3.41. The van der Waals surface area contributed by atoms with E-state index in [1.165, 1.54) is 11.8 Å². The fourth-order valence-corrected chi connectivity index (χ4v) is 2.29. The summed E-state index contributed by atoms with van der Waals surface area (Å²) < 4.78 is 0. The molecule has 0 spiro atoms. The van der Waals surface area contributed by atoms with Gasteiger partial charge in [-0.2, -0.15) is 0 Å². The number of rotatable bonds is 2. The van der Waals surface area contributed by atoms with E-state index in [4.69, 9.17) is 17.2 Å². The molecule has 6 N–H and O–H groups in total. The maximum atomic E-state index is 5.89. The van der Waals surface area contributed by atoms with E-state index in [1.807, 2.05) is 36.4 Å². The molecule has 16 heavy (non-hydrogen) atoms. The van der Waals surface area contributed by atoms with E-state index < -0.39 is 0 Å². The average molecular weight is 231 g/mol. The van der Waals surface area contributed by atoms with Crippen molar-refractivity contribution in [1.29, 1.82) is 0 Å². The Morgan fingerprint density at radius 1 is 0.688 bits per heavy atom. The highest BCUT2D eigenvalue weighted by atomic mass is 32.2. The largest absolute Gasteiger partial charge is 0.398 e. The van der Waals surface area contributed by atoms with Crippen LogP contribution in [0, 0.1) is 0 Å². The zero-order valence-electron chi connectivity index (χ0n) is 8.68. The van der Waals surface area contributed by atoms with Crippen LogP contribution in [0.2, 0.25) is 0 Å². The van der Waals surface area contributed by atoms with Crippen LogP contribution in [0.1, 0.15) is 0 Å². The van der Waals surface area contributed by atoms with Gasteiger partial charge in [0, 0.05) is 15.5 Å². The maximum absolute atomic E-state index is 5.89. The summed E-state index contributed by atoms with van der Waals surface area (Å²) in [5.74, 6) is 0. The van der Waals surface area contributed by atoms with Crippen LogP contribution in [0.15, 0.2) is 52.3 Å². The Bertz CT molecular complexity index is 511. The molecule has 0 atom stereocenters. The maximum Gasteiger partial charge on any atom is 0.0689 e. The first kappa shape index (κ1) is 10.7. The zero-order chi connectivity index (χ0) is 11.5. The summed E-state index contributed by atoms with van der Waals surface area (Å²) in [6.07, 6.45) is 0. The summed E-state index contributed by atoms with van der Waals surface area (Å²) in [6.45, 7) is 0. The van der Waals surface area contributed by atoms with Crippen LogP contribution in [-0.4, -0.2) is 0 Å². The normalized spacial score (nSPS) is 10.2. The molecule has 0 saturated heterocycles. The van der Waals surface area contributed by atoms with E-state index in [-0.39, 0.29) is 0 Å². The third-order valence-electron chi connectivity index (χ3n) is 2.24. The van der Waals surface area contributed by atoms with Crippen LogP contribution in [-0.2, 0) is 0 Å². The predicted octanol–water partition coefficient (Wildman–Crippen LogP) is 2.58. The molecule has 0 aliphatic carbocycles. The number of anilines is 3. The van der Waals surface area contributed by atoms with E-state index in [9.17, 15) is 0 Å².